The van der Waals surface area contributed by atoms with Crippen molar-refractivity contribution in [1.29, 1.82) is 0 Å². The first-order valence-corrected chi connectivity index (χ1v) is 3.96. The minimum atomic E-state index is 0.179. The zero-order chi connectivity index (χ0) is 8.10. The van der Waals surface area contributed by atoms with Crippen molar-refractivity contribution in [2.45, 2.75) is 31.7 Å². The fourth-order valence-corrected chi connectivity index (χ4v) is 1.28. The highest BCUT2D eigenvalue weighted by molar-refractivity contribution is 5.76. The normalized spacial score (nSPS) is 23.6. The number of amides is 1. The van der Waals surface area contributed by atoms with Gasteiger partial charge in [-0.1, -0.05) is 6.58 Å². The number of piperidine rings is 1. The van der Waals surface area contributed by atoms with Crippen LogP contribution in [0.4, 0.5) is 0 Å². The van der Waals surface area contributed by atoms with Gasteiger partial charge in [-0.05, 0) is 25.3 Å². The monoisotopic (exact) mass is 151 g/mol. The van der Waals surface area contributed by atoms with E-state index in [0.717, 1.165) is 19.3 Å². The van der Waals surface area contributed by atoms with Crippen LogP contribution in [0.15, 0.2) is 18.4 Å². The largest absolute Gasteiger partial charge is 0.353 e. The van der Waals surface area contributed by atoms with Crippen LogP contribution in [0.25, 0.3) is 0 Å². The summed E-state index contributed by atoms with van der Waals surface area (Å²) in [5.74, 6) is 0.179. The van der Waals surface area contributed by atoms with Gasteiger partial charge in [0.1, 0.15) is 0 Å². The van der Waals surface area contributed by atoms with Crippen molar-refractivity contribution in [2.24, 2.45) is 0 Å². The van der Waals surface area contributed by atoms with Crippen molar-refractivity contribution < 1.29 is 4.79 Å². The zero-order valence-corrected chi connectivity index (χ0v) is 6.60. The predicted octanol–water partition coefficient (Wildman–Crippen LogP) is 1.39. The van der Waals surface area contributed by atoms with Gasteiger partial charge < -0.3 is 5.32 Å². The van der Waals surface area contributed by atoms with Crippen LogP contribution in [0.5, 0.6) is 0 Å². The van der Waals surface area contributed by atoms with E-state index in [1.165, 1.54) is 0 Å². The van der Waals surface area contributed by atoms with Gasteiger partial charge in [0.2, 0.25) is 5.91 Å². The van der Waals surface area contributed by atoms with Gasteiger partial charge in [-0.2, -0.15) is 0 Å². The lowest BCUT2D eigenvalue weighted by atomic mass is 10.0. The number of carbonyl (C=O) groups excluding carboxylic acids is 1. The van der Waals surface area contributed by atoms with E-state index in [4.69, 9.17) is 0 Å². The van der Waals surface area contributed by atoms with Gasteiger partial charge in [0.25, 0.3) is 0 Å². The standard InChI is InChI=1S/C9H13NO/c1-2-3-5-8-6-4-7-9(11)10-8/h3,8H,1,4-7H2,(H,10,11). The fraction of sp³-hybridized carbons (Fsp3) is 0.556. The van der Waals surface area contributed by atoms with Gasteiger partial charge in [0.05, 0.1) is 0 Å². The van der Waals surface area contributed by atoms with Crippen LogP contribution in [0.2, 0.25) is 0 Å². The minimum absolute atomic E-state index is 0.179. The molecule has 1 rings (SSSR count). The molecule has 0 radical (unpaired) electrons. The molecule has 0 bridgehead atoms. The highest BCUT2D eigenvalue weighted by Crippen LogP contribution is 2.10. The predicted molar refractivity (Wildman–Crippen MR) is 44.1 cm³/mol. The summed E-state index contributed by atoms with van der Waals surface area (Å²) >= 11 is 0. The molecule has 2 nitrogen and oxygen atoms in total. The molecular weight excluding hydrogens is 138 g/mol. The molecular formula is C9H13NO. The average Bonchev–Trinajstić information content (AvgIpc) is 2.01. The molecule has 1 aliphatic heterocycles. The van der Waals surface area contributed by atoms with Gasteiger partial charge in [-0.15, -0.1) is 5.73 Å². The SMILES string of the molecule is C=C=CCC1CCCC(=O)N1. The van der Waals surface area contributed by atoms with E-state index in [-0.39, 0.29) is 5.91 Å². The first kappa shape index (κ1) is 8.09. The molecule has 0 aliphatic carbocycles. The summed E-state index contributed by atoms with van der Waals surface area (Å²) in [4.78, 5) is 10.9. The first-order chi connectivity index (χ1) is 5.33. The van der Waals surface area contributed by atoms with Crippen molar-refractivity contribution in [3.05, 3.63) is 18.4 Å². The van der Waals surface area contributed by atoms with Crippen molar-refractivity contribution in [1.82, 2.24) is 5.32 Å². The maximum absolute atomic E-state index is 10.9. The van der Waals surface area contributed by atoms with E-state index >= 15 is 0 Å². The third-order valence-corrected chi connectivity index (χ3v) is 1.87. The Bertz CT molecular complexity index is 190. The molecule has 0 aromatic rings. The molecule has 2 heteroatoms. The smallest absolute Gasteiger partial charge is 0.220 e. The minimum Gasteiger partial charge on any atom is -0.353 e. The topological polar surface area (TPSA) is 29.1 Å². The van der Waals surface area contributed by atoms with Gasteiger partial charge in [-0.25, -0.2) is 0 Å². The summed E-state index contributed by atoms with van der Waals surface area (Å²) in [7, 11) is 0. The Morgan fingerprint density at radius 1 is 1.82 bits per heavy atom. The second-order valence-electron chi connectivity index (χ2n) is 2.80. The van der Waals surface area contributed by atoms with E-state index in [0.29, 0.717) is 12.5 Å². The van der Waals surface area contributed by atoms with E-state index in [1.807, 2.05) is 6.08 Å². The molecule has 0 aromatic carbocycles. The number of carbonyl (C=O) groups is 1. The lowest BCUT2D eigenvalue weighted by Crippen LogP contribution is -2.38. The zero-order valence-electron chi connectivity index (χ0n) is 6.60. The molecule has 1 heterocycles. The maximum atomic E-state index is 10.9. The highest BCUT2D eigenvalue weighted by atomic mass is 16.1. The second kappa shape index (κ2) is 3.99. The Kier molecular flexibility index (Phi) is 2.94. The van der Waals surface area contributed by atoms with Gasteiger partial charge in [0, 0.05) is 12.5 Å². The van der Waals surface area contributed by atoms with E-state index in [9.17, 15) is 4.79 Å². The van der Waals surface area contributed by atoms with Crippen LogP contribution in [-0.4, -0.2) is 11.9 Å². The summed E-state index contributed by atoms with van der Waals surface area (Å²) in [5, 5.41) is 2.91. The molecule has 0 aromatic heterocycles. The van der Waals surface area contributed by atoms with E-state index in [1.54, 1.807) is 0 Å². The molecule has 0 spiro atoms. The molecule has 1 unspecified atom stereocenters. The summed E-state index contributed by atoms with van der Waals surface area (Å²) in [6.45, 7) is 3.47. The molecule has 60 valence electrons. The molecule has 0 saturated carbocycles. The number of rotatable bonds is 2. The van der Waals surface area contributed by atoms with Crippen molar-refractivity contribution >= 4 is 5.91 Å². The van der Waals surface area contributed by atoms with Crippen molar-refractivity contribution in [3.8, 4) is 0 Å². The van der Waals surface area contributed by atoms with Gasteiger partial charge >= 0.3 is 0 Å². The fourth-order valence-electron chi connectivity index (χ4n) is 1.28. The Morgan fingerprint density at radius 3 is 3.27 bits per heavy atom. The number of nitrogens with one attached hydrogen (secondary N) is 1. The highest BCUT2D eigenvalue weighted by Gasteiger charge is 2.15. The quantitative estimate of drug-likeness (QED) is 0.594. The third kappa shape index (κ3) is 2.60. The van der Waals surface area contributed by atoms with Crippen LogP contribution >= 0.6 is 0 Å². The molecule has 1 fully saturated rings. The molecule has 1 atom stereocenters. The van der Waals surface area contributed by atoms with Gasteiger partial charge in [-0.3, -0.25) is 4.79 Å². The summed E-state index contributed by atoms with van der Waals surface area (Å²) < 4.78 is 0. The Labute approximate surface area is 67.0 Å². The summed E-state index contributed by atoms with van der Waals surface area (Å²) in [6, 6.07) is 0.325. The Morgan fingerprint density at radius 2 is 2.64 bits per heavy atom. The molecule has 1 saturated heterocycles. The van der Waals surface area contributed by atoms with Crippen LogP contribution in [-0.2, 0) is 4.79 Å². The Balaban J connectivity index is 2.33. The molecule has 11 heavy (non-hydrogen) atoms. The number of hydrogen-bond acceptors (Lipinski definition) is 1. The second-order valence-corrected chi connectivity index (χ2v) is 2.80. The lowest BCUT2D eigenvalue weighted by Gasteiger charge is -2.21. The van der Waals surface area contributed by atoms with Gasteiger partial charge in [0.15, 0.2) is 0 Å². The van der Waals surface area contributed by atoms with E-state index in [2.05, 4.69) is 17.6 Å². The van der Waals surface area contributed by atoms with E-state index < -0.39 is 0 Å². The average molecular weight is 151 g/mol. The Hall–Kier alpha value is -1.01. The molecule has 1 N–H and O–H groups in total. The lowest BCUT2D eigenvalue weighted by molar-refractivity contribution is -0.123. The van der Waals surface area contributed by atoms with Crippen molar-refractivity contribution in [3.63, 3.8) is 0 Å². The summed E-state index contributed by atoms with van der Waals surface area (Å²) in [6.07, 6.45) is 5.53. The third-order valence-electron chi connectivity index (χ3n) is 1.87. The van der Waals surface area contributed by atoms with Crippen LogP contribution in [0.3, 0.4) is 0 Å². The van der Waals surface area contributed by atoms with Crippen molar-refractivity contribution in [2.75, 3.05) is 0 Å². The van der Waals surface area contributed by atoms with Crippen LogP contribution in [0, 0.1) is 0 Å². The number of hydrogen-bond donors (Lipinski definition) is 1. The van der Waals surface area contributed by atoms with Crippen LogP contribution in [0.1, 0.15) is 25.7 Å². The van der Waals surface area contributed by atoms with Crippen LogP contribution < -0.4 is 5.32 Å². The molecule has 1 aliphatic rings. The molecule has 1 amide bonds. The maximum Gasteiger partial charge on any atom is 0.220 e. The first-order valence-electron chi connectivity index (χ1n) is 3.96. The summed E-state index contributed by atoms with van der Waals surface area (Å²) in [5.41, 5.74) is 2.70.